The first kappa shape index (κ1) is 69.4. The summed E-state index contributed by atoms with van der Waals surface area (Å²) >= 11 is 0. The van der Waals surface area contributed by atoms with Gasteiger partial charge < -0.3 is 14.2 Å². The molecule has 0 amide bonds. The van der Waals surface area contributed by atoms with Crippen LogP contribution in [-0.4, -0.2) is 37.2 Å². The highest BCUT2D eigenvalue weighted by Gasteiger charge is 2.19. The number of rotatable bonds is 61. The number of ether oxygens (including phenoxy) is 3. The van der Waals surface area contributed by atoms with Crippen molar-refractivity contribution < 1.29 is 28.6 Å². The van der Waals surface area contributed by atoms with Crippen molar-refractivity contribution in [3.63, 3.8) is 0 Å². The van der Waals surface area contributed by atoms with Gasteiger partial charge in [-0.25, -0.2) is 0 Å². The summed E-state index contributed by atoms with van der Waals surface area (Å²) < 4.78 is 16.9. The lowest BCUT2D eigenvalue weighted by Gasteiger charge is -2.18. The van der Waals surface area contributed by atoms with E-state index in [0.29, 0.717) is 19.3 Å². The second kappa shape index (κ2) is 61.0. The van der Waals surface area contributed by atoms with Gasteiger partial charge in [0, 0.05) is 19.3 Å². The van der Waals surface area contributed by atoms with Gasteiger partial charge in [-0.05, 0) is 19.3 Å². The second-order valence-electron chi connectivity index (χ2n) is 22.4. The van der Waals surface area contributed by atoms with Crippen molar-refractivity contribution >= 4 is 17.9 Å². The summed E-state index contributed by atoms with van der Waals surface area (Å²) in [4.78, 5) is 38.3. The van der Waals surface area contributed by atoms with Crippen LogP contribution in [0.3, 0.4) is 0 Å². The molecule has 0 radical (unpaired) electrons. The zero-order chi connectivity index (χ0) is 51.4. The largest absolute Gasteiger partial charge is 0.462 e. The third-order valence-corrected chi connectivity index (χ3v) is 15.1. The number of carbonyl (C=O) groups is 3. The molecule has 0 aliphatic carbocycles. The van der Waals surface area contributed by atoms with Gasteiger partial charge in [0.1, 0.15) is 13.2 Å². The van der Waals surface area contributed by atoms with Crippen molar-refractivity contribution in [2.45, 2.75) is 386 Å². The summed E-state index contributed by atoms with van der Waals surface area (Å²) in [7, 11) is 0. The van der Waals surface area contributed by atoms with Crippen molar-refractivity contribution in [3.8, 4) is 0 Å². The Kier molecular flexibility index (Phi) is 59.6. The monoisotopic (exact) mass is 1000 g/mol. The first-order valence-electron chi connectivity index (χ1n) is 32.5. The van der Waals surface area contributed by atoms with Gasteiger partial charge in [-0.1, -0.05) is 342 Å². The second-order valence-corrected chi connectivity index (χ2v) is 22.4. The van der Waals surface area contributed by atoms with E-state index in [0.717, 1.165) is 57.8 Å². The van der Waals surface area contributed by atoms with Gasteiger partial charge in [0.05, 0.1) is 0 Å². The van der Waals surface area contributed by atoms with Gasteiger partial charge in [0.15, 0.2) is 6.10 Å². The summed E-state index contributed by atoms with van der Waals surface area (Å²) in [6.07, 6.45) is 69.7. The molecule has 0 N–H and O–H groups in total. The molecule has 71 heavy (non-hydrogen) atoms. The molecule has 0 bridgehead atoms. The highest BCUT2D eigenvalue weighted by Crippen LogP contribution is 2.19. The molecule has 1 atom stereocenters. The third kappa shape index (κ3) is 59.2. The van der Waals surface area contributed by atoms with E-state index in [1.54, 1.807) is 0 Å². The molecular weight excluding hydrogens is 877 g/mol. The number of hydrogen-bond donors (Lipinski definition) is 0. The lowest BCUT2D eigenvalue weighted by Crippen LogP contribution is -2.30. The van der Waals surface area contributed by atoms with Gasteiger partial charge in [0.25, 0.3) is 0 Å². The van der Waals surface area contributed by atoms with Crippen LogP contribution in [0.2, 0.25) is 0 Å². The molecular formula is C65H126O6. The fraction of sp³-hybridized carbons (Fsp3) is 0.954. The number of unbranched alkanes of at least 4 members (excludes halogenated alkanes) is 50. The van der Waals surface area contributed by atoms with E-state index < -0.39 is 6.10 Å². The Labute approximate surface area is 444 Å². The summed E-state index contributed by atoms with van der Waals surface area (Å²) in [5.74, 6) is -0.825. The van der Waals surface area contributed by atoms with Crippen LogP contribution in [0.4, 0.5) is 0 Å². The van der Waals surface area contributed by atoms with Crippen molar-refractivity contribution in [3.05, 3.63) is 0 Å². The number of esters is 3. The maximum Gasteiger partial charge on any atom is 0.306 e. The normalized spacial score (nSPS) is 11.9. The zero-order valence-corrected chi connectivity index (χ0v) is 48.5. The quantitative estimate of drug-likeness (QED) is 0.0343. The molecule has 0 saturated carbocycles. The average molecular weight is 1000 g/mol. The van der Waals surface area contributed by atoms with Gasteiger partial charge in [0.2, 0.25) is 0 Å². The van der Waals surface area contributed by atoms with E-state index in [1.165, 1.54) is 283 Å². The van der Waals surface area contributed by atoms with Crippen LogP contribution < -0.4 is 0 Å². The molecule has 0 spiro atoms. The summed E-state index contributed by atoms with van der Waals surface area (Å²) in [6, 6.07) is 0. The minimum absolute atomic E-state index is 0.0605. The average Bonchev–Trinajstić information content (AvgIpc) is 3.37. The molecule has 422 valence electrons. The number of carbonyl (C=O) groups excluding carboxylic acids is 3. The summed E-state index contributed by atoms with van der Waals surface area (Å²) in [5, 5.41) is 0. The summed E-state index contributed by atoms with van der Waals surface area (Å²) in [6.45, 7) is 6.73. The van der Waals surface area contributed by atoms with Crippen LogP contribution in [0.5, 0.6) is 0 Å². The molecule has 0 fully saturated rings. The van der Waals surface area contributed by atoms with Crippen LogP contribution in [0.15, 0.2) is 0 Å². The fourth-order valence-electron chi connectivity index (χ4n) is 10.2. The SMILES string of the molecule is CCCCCCCCCCCCCCCCCCCCCCCCCCC(=O)OCC(COC(=O)CCCCCCCCCCCCCCCC)OC(=O)CCCCCCCCCCCCCCCCC. The zero-order valence-electron chi connectivity index (χ0n) is 48.5. The minimum Gasteiger partial charge on any atom is -0.462 e. The molecule has 0 aromatic heterocycles. The molecule has 0 saturated heterocycles. The predicted molar refractivity (Wildman–Crippen MR) is 307 cm³/mol. The molecule has 0 aromatic rings. The first-order valence-corrected chi connectivity index (χ1v) is 32.5. The molecule has 0 rings (SSSR count). The lowest BCUT2D eigenvalue weighted by atomic mass is 10.0. The molecule has 1 unspecified atom stereocenters. The fourth-order valence-corrected chi connectivity index (χ4v) is 10.2. The highest BCUT2D eigenvalue weighted by molar-refractivity contribution is 5.71. The van der Waals surface area contributed by atoms with Gasteiger partial charge in [-0.15, -0.1) is 0 Å². The molecule has 0 aliphatic heterocycles. The van der Waals surface area contributed by atoms with Gasteiger partial charge >= 0.3 is 17.9 Å². The topological polar surface area (TPSA) is 78.9 Å². The van der Waals surface area contributed by atoms with Crippen LogP contribution in [0.25, 0.3) is 0 Å². The highest BCUT2D eigenvalue weighted by atomic mass is 16.6. The predicted octanol–water partition coefficient (Wildman–Crippen LogP) is 21.9. The maximum absolute atomic E-state index is 12.9. The van der Waals surface area contributed by atoms with E-state index in [1.807, 2.05) is 0 Å². The first-order chi connectivity index (χ1) is 35.0. The standard InChI is InChI=1S/C65H126O6/c1-4-7-10-13-16-19-22-25-28-29-30-31-32-33-34-35-36-38-40-43-46-49-52-55-58-64(67)70-61-62(60-69-63(66)57-54-51-48-45-42-39-27-24-21-18-15-12-9-6-3)71-65(68)59-56-53-50-47-44-41-37-26-23-20-17-14-11-8-5-2/h62H,4-61H2,1-3H3. The Bertz CT molecular complexity index is 1060. The molecule has 0 aromatic carbocycles. The van der Waals surface area contributed by atoms with Gasteiger partial charge in [-0.2, -0.15) is 0 Å². The maximum atomic E-state index is 12.9. The summed E-state index contributed by atoms with van der Waals surface area (Å²) in [5.41, 5.74) is 0. The Morgan fingerprint density at radius 1 is 0.225 bits per heavy atom. The molecule has 6 heteroatoms. The van der Waals surface area contributed by atoms with Crippen LogP contribution in [-0.2, 0) is 28.6 Å². The smallest absolute Gasteiger partial charge is 0.306 e. The molecule has 6 nitrogen and oxygen atoms in total. The Morgan fingerprint density at radius 3 is 0.563 bits per heavy atom. The number of hydrogen-bond acceptors (Lipinski definition) is 6. The van der Waals surface area contributed by atoms with Crippen molar-refractivity contribution in [2.75, 3.05) is 13.2 Å². The van der Waals surface area contributed by atoms with Crippen molar-refractivity contribution in [1.29, 1.82) is 0 Å². The lowest BCUT2D eigenvalue weighted by molar-refractivity contribution is -0.167. The Hall–Kier alpha value is -1.59. The van der Waals surface area contributed by atoms with E-state index in [9.17, 15) is 14.4 Å². The van der Waals surface area contributed by atoms with Crippen LogP contribution in [0.1, 0.15) is 380 Å². The molecule has 0 aliphatic rings. The van der Waals surface area contributed by atoms with Crippen LogP contribution >= 0.6 is 0 Å². The third-order valence-electron chi connectivity index (χ3n) is 15.1. The van der Waals surface area contributed by atoms with E-state index in [4.69, 9.17) is 14.2 Å². The minimum atomic E-state index is -0.762. The van der Waals surface area contributed by atoms with Gasteiger partial charge in [-0.3, -0.25) is 14.4 Å². The van der Waals surface area contributed by atoms with Crippen molar-refractivity contribution in [1.82, 2.24) is 0 Å². The van der Waals surface area contributed by atoms with Crippen LogP contribution in [0, 0.1) is 0 Å². The Morgan fingerprint density at radius 2 is 0.380 bits per heavy atom. The van der Waals surface area contributed by atoms with Crippen molar-refractivity contribution in [2.24, 2.45) is 0 Å². The van der Waals surface area contributed by atoms with E-state index in [2.05, 4.69) is 20.8 Å². The van der Waals surface area contributed by atoms with E-state index in [-0.39, 0.29) is 31.1 Å². The molecule has 0 heterocycles. The Balaban J connectivity index is 4.19. The van der Waals surface area contributed by atoms with E-state index >= 15 is 0 Å².